The van der Waals surface area contributed by atoms with Crippen molar-refractivity contribution >= 4 is 22.9 Å². The number of fused-ring (bicyclic) bond motifs is 1. The van der Waals surface area contributed by atoms with Crippen LogP contribution in [0.3, 0.4) is 0 Å². The number of carboxylic acids is 1. The standard InChI is InChI=1S/C15H19FN4O.C2HF3O2/c1-9-5-6-10(15(17)21)7-20(9)8-13-18-12-4-2-3-11(16)14(12)19-13;3-2(4,5)1(6)7/h2-4,9-10H,5-8H2,1H3,(H2,17,21)(H,18,19);(H,6,7). The Bertz CT molecular complexity index is 853. The second kappa shape index (κ2) is 8.55. The van der Waals surface area contributed by atoms with Crippen molar-refractivity contribution < 1.29 is 32.3 Å². The molecule has 7 nitrogen and oxygen atoms in total. The van der Waals surface area contributed by atoms with Crippen LogP contribution >= 0.6 is 0 Å². The molecule has 3 rings (SSSR count). The van der Waals surface area contributed by atoms with E-state index < -0.39 is 12.1 Å². The van der Waals surface area contributed by atoms with Gasteiger partial charge in [0.2, 0.25) is 5.91 Å². The number of amides is 1. The van der Waals surface area contributed by atoms with E-state index >= 15 is 0 Å². The predicted octanol–water partition coefficient (Wildman–Crippen LogP) is 2.42. The number of nitrogens with two attached hydrogens (primary N) is 1. The van der Waals surface area contributed by atoms with Gasteiger partial charge in [-0.25, -0.2) is 14.2 Å². The fraction of sp³-hybridized carbons (Fsp3) is 0.471. The summed E-state index contributed by atoms with van der Waals surface area (Å²) in [4.78, 5) is 29.9. The van der Waals surface area contributed by atoms with Gasteiger partial charge in [-0.2, -0.15) is 13.2 Å². The highest BCUT2D eigenvalue weighted by Crippen LogP contribution is 2.24. The third kappa shape index (κ3) is 5.41. The van der Waals surface area contributed by atoms with Crippen molar-refractivity contribution in [2.24, 2.45) is 11.7 Å². The number of aromatic amines is 1. The maximum Gasteiger partial charge on any atom is 0.490 e. The molecule has 4 N–H and O–H groups in total. The summed E-state index contributed by atoms with van der Waals surface area (Å²) in [6.45, 7) is 3.33. The second-order valence-electron chi connectivity index (χ2n) is 6.58. The number of imidazole rings is 1. The van der Waals surface area contributed by atoms with Crippen molar-refractivity contribution in [1.82, 2.24) is 14.9 Å². The fourth-order valence-electron chi connectivity index (χ4n) is 2.95. The number of aromatic nitrogens is 2. The number of primary amides is 1. The van der Waals surface area contributed by atoms with Crippen LogP contribution in [0.5, 0.6) is 0 Å². The first-order valence-corrected chi connectivity index (χ1v) is 8.45. The summed E-state index contributed by atoms with van der Waals surface area (Å²) in [5.41, 5.74) is 6.47. The first kappa shape index (κ1) is 21.6. The maximum atomic E-state index is 13.7. The highest BCUT2D eigenvalue weighted by Gasteiger charge is 2.38. The largest absolute Gasteiger partial charge is 0.490 e. The molecule has 0 spiro atoms. The number of nitrogens with one attached hydrogen (secondary N) is 1. The molecular formula is C17H20F4N4O3. The number of rotatable bonds is 3. The van der Waals surface area contributed by atoms with Crippen LogP contribution in [-0.4, -0.2) is 50.6 Å². The molecule has 0 bridgehead atoms. The zero-order chi connectivity index (χ0) is 21.1. The summed E-state index contributed by atoms with van der Waals surface area (Å²) in [5, 5.41) is 7.12. The highest BCUT2D eigenvalue weighted by molar-refractivity contribution is 5.77. The molecule has 0 radical (unpaired) electrons. The number of carbonyl (C=O) groups is 2. The molecule has 11 heteroatoms. The van der Waals surface area contributed by atoms with Crippen LogP contribution in [0.25, 0.3) is 11.0 Å². The Hall–Kier alpha value is -2.69. The molecule has 0 aliphatic carbocycles. The Morgan fingerprint density at radius 3 is 2.54 bits per heavy atom. The van der Waals surface area contributed by atoms with Gasteiger partial charge in [0, 0.05) is 12.6 Å². The number of likely N-dealkylation sites (tertiary alicyclic amines) is 1. The topological polar surface area (TPSA) is 112 Å². The number of piperidine rings is 1. The molecule has 28 heavy (non-hydrogen) atoms. The molecule has 1 aromatic carbocycles. The maximum absolute atomic E-state index is 13.7. The molecule has 2 heterocycles. The van der Waals surface area contributed by atoms with Gasteiger partial charge in [0.05, 0.1) is 18.0 Å². The van der Waals surface area contributed by atoms with Gasteiger partial charge in [-0.05, 0) is 31.9 Å². The number of carboxylic acid groups (broad SMARTS) is 1. The average Bonchev–Trinajstić information content (AvgIpc) is 3.00. The minimum Gasteiger partial charge on any atom is -0.475 e. The molecule has 0 saturated carbocycles. The summed E-state index contributed by atoms with van der Waals surface area (Å²) < 4.78 is 45.4. The van der Waals surface area contributed by atoms with Gasteiger partial charge >= 0.3 is 12.1 Å². The van der Waals surface area contributed by atoms with Gasteiger partial charge in [0.1, 0.15) is 11.3 Å². The summed E-state index contributed by atoms with van der Waals surface area (Å²) >= 11 is 0. The van der Waals surface area contributed by atoms with Crippen LogP contribution < -0.4 is 5.73 Å². The SMILES string of the molecule is CC1CCC(C(N)=O)CN1Cc1nc2c(F)cccc2[nH]1.O=C(O)C(F)(F)F. The summed E-state index contributed by atoms with van der Waals surface area (Å²) in [5.74, 6) is -2.72. The lowest BCUT2D eigenvalue weighted by atomic mass is 9.93. The van der Waals surface area contributed by atoms with E-state index in [0.717, 1.165) is 12.8 Å². The molecule has 2 aromatic rings. The van der Waals surface area contributed by atoms with E-state index in [-0.39, 0.29) is 17.6 Å². The number of H-pyrrole nitrogens is 1. The lowest BCUT2D eigenvalue weighted by Gasteiger charge is -2.36. The summed E-state index contributed by atoms with van der Waals surface area (Å²) in [6.07, 6.45) is -3.32. The van der Waals surface area contributed by atoms with Crippen molar-refractivity contribution in [3.05, 3.63) is 29.8 Å². The van der Waals surface area contributed by atoms with Gasteiger partial charge in [0.25, 0.3) is 0 Å². The first-order chi connectivity index (χ1) is 13.0. The smallest absolute Gasteiger partial charge is 0.475 e. The van der Waals surface area contributed by atoms with Gasteiger partial charge in [-0.15, -0.1) is 0 Å². The Morgan fingerprint density at radius 1 is 1.36 bits per heavy atom. The molecule has 2 unspecified atom stereocenters. The Morgan fingerprint density at radius 2 is 2.00 bits per heavy atom. The van der Waals surface area contributed by atoms with Crippen LogP contribution in [0.4, 0.5) is 17.6 Å². The summed E-state index contributed by atoms with van der Waals surface area (Å²) in [6, 6.07) is 5.23. The lowest BCUT2D eigenvalue weighted by Crippen LogP contribution is -2.45. The molecule has 1 fully saturated rings. The van der Waals surface area contributed by atoms with Gasteiger partial charge < -0.3 is 15.8 Å². The minimum absolute atomic E-state index is 0.109. The van der Waals surface area contributed by atoms with Gasteiger partial charge in [-0.3, -0.25) is 9.69 Å². The van der Waals surface area contributed by atoms with Crippen LogP contribution in [0.15, 0.2) is 18.2 Å². The van der Waals surface area contributed by atoms with Gasteiger partial charge in [-0.1, -0.05) is 6.07 Å². The number of para-hydroxylation sites is 1. The average molecular weight is 404 g/mol. The monoisotopic (exact) mass is 404 g/mol. The zero-order valence-electron chi connectivity index (χ0n) is 15.0. The molecule has 1 aliphatic heterocycles. The van der Waals surface area contributed by atoms with E-state index in [0.29, 0.717) is 36.0 Å². The molecular weight excluding hydrogens is 384 g/mol. The second-order valence-corrected chi connectivity index (χ2v) is 6.58. The van der Waals surface area contributed by atoms with Crippen molar-refractivity contribution in [3.8, 4) is 0 Å². The quantitative estimate of drug-likeness (QED) is 0.680. The van der Waals surface area contributed by atoms with Gasteiger partial charge in [0.15, 0.2) is 5.82 Å². The van der Waals surface area contributed by atoms with Crippen LogP contribution in [0, 0.1) is 11.7 Å². The number of benzene rings is 1. The third-order valence-corrected chi connectivity index (χ3v) is 4.52. The number of hydrogen-bond donors (Lipinski definition) is 3. The number of nitrogens with zero attached hydrogens (tertiary/aromatic N) is 2. The molecule has 2 atom stereocenters. The normalized spacial score (nSPS) is 20.5. The lowest BCUT2D eigenvalue weighted by molar-refractivity contribution is -0.192. The van der Waals surface area contributed by atoms with Crippen molar-refractivity contribution in [2.75, 3.05) is 6.54 Å². The Kier molecular flexibility index (Phi) is 6.60. The zero-order valence-corrected chi connectivity index (χ0v) is 15.0. The highest BCUT2D eigenvalue weighted by atomic mass is 19.4. The number of alkyl halides is 3. The minimum atomic E-state index is -5.08. The first-order valence-electron chi connectivity index (χ1n) is 8.45. The molecule has 1 amide bonds. The molecule has 1 saturated heterocycles. The van der Waals surface area contributed by atoms with E-state index in [1.54, 1.807) is 12.1 Å². The Balaban J connectivity index is 0.000000345. The van der Waals surface area contributed by atoms with E-state index in [4.69, 9.17) is 15.6 Å². The number of hydrogen-bond acceptors (Lipinski definition) is 4. The number of halogens is 4. The number of aliphatic carboxylic acids is 1. The summed E-state index contributed by atoms with van der Waals surface area (Å²) in [7, 11) is 0. The van der Waals surface area contributed by atoms with Crippen LogP contribution in [0.2, 0.25) is 0 Å². The van der Waals surface area contributed by atoms with Crippen molar-refractivity contribution in [3.63, 3.8) is 0 Å². The fourth-order valence-corrected chi connectivity index (χ4v) is 2.95. The van der Waals surface area contributed by atoms with E-state index in [1.807, 2.05) is 0 Å². The van der Waals surface area contributed by atoms with E-state index in [9.17, 15) is 22.4 Å². The van der Waals surface area contributed by atoms with Crippen molar-refractivity contribution in [1.29, 1.82) is 0 Å². The molecule has 1 aliphatic rings. The third-order valence-electron chi connectivity index (χ3n) is 4.52. The van der Waals surface area contributed by atoms with Crippen molar-refractivity contribution in [2.45, 2.75) is 38.5 Å². The molecule has 1 aromatic heterocycles. The van der Waals surface area contributed by atoms with Crippen LogP contribution in [0.1, 0.15) is 25.6 Å². The molecule has 154 valence electrons. The van der Waals surface area contributed by atoms with E-state index in [1.165, 1.54) is 6.07 Å². The van der Waals surface area contributed by atoms with Crippen LogP contribution in [-0.2, 0) is 16.1 Å². The Labute approximate surface area is 157 Å². The number of carbonyl (C=O) groups excluding carboxylic acids is 1. The predicted molar refractivity (Wildman–Crippen MR) is 91.5 cm³/mol. The van der Waals surface area contributed by atoms with E-state index in [2.05, 4.69) is 21.8 Å².